The molecule has 1 heterocycles. The van der Waals surface area contributed by atoms with Crippen molar-refractivity contribution in [3.63, 3.8) is 0 Å². The van der Waals surface area contributed by atoms with E-state index in [4.69, 9.17) is 4.74 Å². The van der Waals surface area contributed by atoms with Gasteiger partial charge < -0.3 is 9.84 Å². The number of ether oxygens (including phenoxy) is 1. The number of hydrogen-bond donors (Lipinski definition) is 1. The van der Waals surface area contributed by atoms with Crippen LogP contribution < -0.4 is 0 Å². The van der Waals surface area contributed by atoms with Crippen molar-refractivity contribution in [2.24, 2.45) is 5.92 Å². The fourth-order valence-corrected chi connectivity index (χ4v) is 3.03. The monoisotopic (exact) mass is 390 g/mol. The number of unbranched alkanes of at least 4 members (excludes halogenated alkanes) is 1. The van der Waals surface area contributed by atoms with Crippen LogP contribution in [-0.2, 0) is 4.74 Å². The molecule has 150 valence electrons. The maximum atomic E-state index is 12.2. The van der Waals surface area contributed by atoms with E-state index in [1.807, 2.05) is 24.3 Å². The third-order valence-electron chi connectivity index (χ3n) is 4.80. The molecule has 3 rings (SSSR count). The molecule has 0 aliphatic heterocycles. The van der Waals surface area contributed by atoms with E-state index in [2.05, 4.69) is 23.8 Å². The molecule has 2 aromatic carbocycles. The predicted octanol–water partition coefficient (Wildman–Crippen LogP) is 5.50. The van der Waals surface area contributed by atoms with Gasteiger partial charge in [-0.05, 0) is 30.5 Å². The minimum absolute atomic E-state index is 0.190. The van der Waals surface area contributed by atoms with Gasteiger partial charge in [-0.3, -0.25) is 0 Å². The summed E-state index contributed by atoms with van der Waals surface area (Å²) in [4.78, 5) is 21.0. The number of hydrogen-bond acceptors (Lipinski definition) is 5. The van der Waals surface area contributed by atoms with Gasteiger partial charge in [-0.1, -0.05) is 57.0 Å². The normalized spacial score (nSPS) is 11.8. The molecule has 0 spiro atoms. The van der Waals surface area contributed by atoms with Gasteiger partial charge in [-0.25, -0.2) is 14.8 Å². The topological polar surface area (TPSA) is 72.3 Å². The molecule has 1 N–H and O–H groups in total. The van der Waals surface area contributed by atoms with Crippen LogP contribution in [0.1, 0.15) is 43.5 Å². The zero-order valence-corrected chi connectivity index (χ0v) is 16.8. The summed E-state index contributed by atoms with van der Waals surface area (Å²) in [6.07, 6.45) is 6.72. The molecule has 5 heteroatoms. The van der Waals surface area contributed by atoms with Gasteiger partial charge in [0.25, 0.3) is 0 Å². The minimum Gasteiger partial charge on any atom is -0.507 e. The van der Waals surface area contributed by atoms with Crippen molar-refractivity contribution in [1.29, 1.82) is 0 Å². The molecule has 0 radical (unpaired) electrons. The summed E-state index contributed by atoms with van der Waals surface area (Å²) >= 11 is 0. The first-order valence-corrected chi connectivity index (χ1v) is 9.96. The maximum absolute atomic E-state index is 12.2. The standard InChI is InChI=1S/C24H26N2O3/c1-3-4-7-17(2)16-29-24(28)19-12-10-18(11-13-19)23-25-14-20(15-26-23)21-8-5-6-9-22(21)27/h5-6,8-15,17,27H,3-4,7,16H2,1-2H3. The van der Waals surface area contributed by atoms with Crippen LogP contribution in [-0.4, -0.2) is 27.7 Å². The third-order valence-corrected chi connectivity index (χ3v) is 4.80. The highest BCUT2D eigenvalue weighted by Crippen LogP contribution is 2.28. The molecule has 0 aliphatic rings. The summed E-state index contributed by atoms with van der Waals surface area (Å²) in [5, 5.41) is 9.95. The van der Waals surface area contributed by atoms with Crippen LogP contribution in [0.5, 0.6) is 5.75 Å². The Kier molecular flexibility index (Phi) is 6.95. The molecule has 0 amide bonds. The average molecular weight is 390 g/mol. The summed E-state index contributed by atoms with van der Waals surface area (Å²) in [5.74, 6) is 0.804. The quantitative estimate of drug-likeness (QED) is 0.514. The largest absolute Gasteiger partial charge is 0.507 e. The molecule has 1 aromatic heterocycles. The van der Waals surface area contributed by atoms with E-state index in [9.17, 15) is 9.90 Å². The SMILES string of the molecule is CCCCC(C)COC(=O)c1ccc(-c2ncc(-c3ccccc3O)cn2)cc1. The molecule has 0 saturated heterocycles. The second-order valence-corrected chi connectivity index (χ2v) is 7.24. The van der Waals surface area contributed by atoms with E-state index in [0.29, 0.717) is 29.5 Å². The van der Waals surface area contributed by atoms with Crippen molar-refractivity contribution in [1.82, 2.24) is 9.97 Å². The Bertz CT molecular complexity index is 937. The Morgan fingerprint density at radius 1 is 1.03 bits per heavy atom. The Hall–Kier alpha value is -3.21. The first-order valence-electron chi connectivity index (χ1n) is 9.96. The zero-order valence-electron chi connectivity index (χ0n) is 16.8. The van der Waals surface area contributed by atoms with E-state index in [0.717, 1.165) is 30.4 Å². The lowest BCUT2D eigenvalue weighted by Crippen LogP contribution is -2.12. The minimum atomic E-state index is -0.310. The maximum Gasteiger partial charge on any atom is 0.338 e. The summed E-state index contributed by atoms with van der Waals surface area (Å²) in [5.41, 5.74) is 2.75. The molecule has 29 heavy (non-hydrogen) atoms. The van der Waals surface area contributed by atoms with Crippen molar-refractivity contribution >= 4 is 5.97 Å². The van der Waals surface area contributed by atoms with Crippen LogP contribution in [0.3, 0.4) is 0 Å². The summed E-state index contributed by atoms with van der Waals surface area (Å²) in [7, 11) is 0. The Morgan fingerprint density at radius 3 is 2.38 bits per heavy atom. The number of rotatable bonds is 8. The van der Waals surface area contributed by atoms with Crippen LogP contribution in [0.4, 0.5) is 0 Å². The van der Waals surface area contributed by atoms with Crippen molar-refractivity contribution in [2.75, 3.05) is 6.61 Å². The van der Waals surface area contributed by atoms with Crippen LogP contribution in [0.25, 0.3) is 22.5 Å². The number of carbonyl (C=O) groups excluding carboxylic acids is 1. The lowest BCUT2D eigenvalue weighted by Gasteiger charge is -2.11. The number of aromatic hydroxyl groups is 1. The van der Waals surface area contributed by atoms with Gasteiger partial charge in [0, 0.05) is 29.1 Å². The van der Waals surface area contributed by atoms with E-state index in [1.54, 1.807) is 36.7 Å². The van der Waals surface area contributed by atoms with Crippen molar-refractivity contribution in [2.45, 2.75) is 33.1 Å². The molecule has 1 atom stereocenters. The van der Waals surface area contributed by atoms with E-state index < -0.39 is 0 Å². The second kappa shape index (κ2) is 9.82. The van der Waals surface area contributed by atoms with Gasteiger partial charge in [0.1, 0.15) is 5.75 Å². The molecule has 3 aromatic rings. The molecule has 0 saturated carbocycles. The van der Waals surface area contributed by atoms with Crippen molar-refractivity contribution in [3.8, 4) is 28.3 Å². The van der Waals surface area contributed by atoms with Gasteiger partial charge in [0.15, 0.2) is 5.82 Å². The van der Waals surface area contributed by atoms with E-state index >= 15 is 0 Å². The smallest absolute Gasteiger partial charge is 0.338 e. The molecular formula is C24H26N2O3. The number of phenolic OH excluding ortho intramolecular Hbond substituents is 1. The first kappa shape index (κ1) is 20.5. The lowest BCUT2D eigenvalue weighted by atomic mass is 10.1. The van der Waals surface area contributed by atoms with Gasteiger partial charge >= 0.3 is 5.97 Å². The number of esters is 1. The van der Waals surface area contributed by atoms with Gasteiger partial charge in [-0.15, -0.1) is 0 Å². The molecule has 1 unspecified atom stereocenters. The number of aromatic nitrogens is 2. The average Bonchev–Trinajstić information content (AvgIpc) is 2.76. The Labute approximate surface area is 171 Å². The van der Waals surface area contributed by atoms with Gasteiger partial charge in [-0.2, -0.15) is 0 Å². The number of nitrogens with zero attached hydrogens (tertiary/aromatic N) is 2. The van der Waals surface area contributed by atoms with Gasteiger partial charge in [0.05, 0.1) is 12.2 Å². The van der Waals surface area contributed by atoms with Crippen LogP contribution in [0.2, 0.25) is 0 Å². The number of carbonyl (C=O) groups is 1. The third kappa shape index (κ3) is 5.41. The lowest BCUT2D eigenvalue weighted by molar-refractivity contribution is 0.0443. The van der Waals surface area contributed by atoms with Crippen molar-refractivity contribution < 1.29 is 14.6 Å². The highest BCUT2D eigenvalue weighted by atomic mass is 16.5. The van der Waals surface area contributed by atoms with Crippen molar-refractivity contribution in [3.05, 3.63) is 66.5 Å². The Morgan fingerprint density at radius 2 is 1.72 bits per heavy atom. The highest BCUT2D eigenvalue weighted by Gasteiger charge is 2.11. The molecule has 0 bridgehead atoms. The molecular weight excluding hydrogens is 364 g/mol. The molecule has 5 nitrogen and oxygen atoms in total. The summed E-state index contributed by atoms with van der Waals surface area (Å²) in [6.45, 7) is 4.70. The van der Waals surface area contributed by atoms with Crippen LogP contribution in [0.15, 0.2) is 60.9 Å². The number of benzene rings is 2. The molecule has 0 aliphatic carbocycles. The van der Waals surface area contributed by atoms with E-state index in [1.165, 1.54) is 0 Å². The number of phenols is 1. The second-order valence-electron chi connectivity index (χ2n) is 7.24. The zero-order chi connectivity index (χ0) is 20.6. The van der Waals surface area contributed by atoms with Gasteiger partial charge in [0.2, 0.25) is 0 Å². The van der Waals surface area contributed by atoms with Crippen LogP contribution in [0, 0.1) is 5.92 Å². The number of para-hydroxylation sites is 1. The predicted molar refractivity (Wildman–Crippen MR) is 114 cm³/mol. The van der Waals surface area contributed by atoms with Crippen LogP contribution >= 0.6 is 0 Å². The fraction of sp³-hybridized carbons (Fsp3) is 0.292. The van der Waals surface area contributed by atoms with E-state index in [-0.39, 0.29) is 11.7 Å². The summed E-state index contributed by atoms with van der Waals surface area (Å²) < 4.78 is 5.41. The molecule has 0 fully saturated rings. The fourth-order valence-electron chi connectivity index (χ4n) is 3.03. The Balaban J connectivity index is 1.64. The highest BCUT2D eigenvalue weighted by molar-refractivity contribution is 5.89. The first-order chi connectivity index (χ1) is 14.1. The summed E-state index contributed by atoms with van der Waals surface area (Å²) in [6, 6.07) is 14.2.